The molecule has 13 heteroatoms. The van der Waals surface area contributed by atoms with E-state index in [9.17, 15) is 35.1 Å². The third-order valence-electron chi connectivity index (χ3n) is 3.99. The molecule has 0 aromatic heterocycles. The molecular weight excluding hydrogens is 436 g/mol. The first-order valence-corrected chi connectivity index (χ1v) is 15.0. The van der Waals surface area contributed by atoms with Gasteiger partial charge in [-0.1, -0.05) is 0 Å². The molecule has 0 heterocycles. The van der Waals surface area contributed by atoms with Crippen LogP contribution in [-0.4, -0.2) is 65.8 Å². The number of alkyl halides is 8. The molecule has 0 aromatic rings. The van der Waals surface area contributed by atoms with Gasteiger partial charge in [-0.2, -0.15) is 26.3 Å². The van der Waals surface area contributed by atoms with Crippen LogP contribution in [0.4, 0.5) is 35.1 Å². The van der Waals surface area contributed by atoms with E-state index in [4.69, 9.17) is 9.22 Å². The topological polar surface area (TPSA) is 38.7 Å². The Bertz CT molecular complexity index is 476. The van der Waals surface area contributed by atoms with Crippen LogP contribution in [0, 0.1) is 0 Å². The molecule has 28 heavy (non-hydrogen) atoms. The van der Waals surface area contributed by atoms with Crippen molar-refractivity contribution in [3.63, 3.8) is 0 Å². The average Bonchev–Trinajstić information content (AvgIpc) is 2.50. The van der Waals surface area contributed by atoms with Gasteiger partial charge in [0.2, 0.25) is 0 Å². The van der Waals surface area contributed by atoms with E-state index in [0.29, 0.717) is 12.5 Å². The van der Waals surface area contributed by atoms with Gasteiger partial charge in [0.05, 0.1) is 0 Å². The van der Waals surface area contributed by atoms with Crippen molar-refractivity contribution in [2.24, 2.45) is 0 Å². The maximum Gasteiger partial charge on any atom is 0.380 e. The molecule has 0 aliphatic carbocycles. The predicted molar refractivity (Wildman–Crippen MR) is 93.6 cm³/mol. The highest BCUT2D eigenvalue weighted by molar-refractivity contribution is 6.84. The molecule has 0 aromatic carbocycles. The summed E-state index contributed by atoms with van der Waals surface area (Å²) < 4.78 is 113. The van der Waals surface area contributed by atoms with E-state index < -0.39 is 54.0 Å². The first-order valence-electron chi connectivity index (χ1n) is 8.72. The fraction of sp³-hybridized carbons (Fsp3) is 1.00. The van der Waals surface area contributed by atoms with E-state index >= 15 is 0 Å². The molecule has 0 spiro atoms. The maximum atomic E-state index is 13.3. The van der Waals surface area contributed by atoms with Crippen LogP contribution in [-0.2, 0) is 8.85 Å². The van der Waals surface area contributed by atoms with Crippen LogP contribution in [0.1, 0.15) is 12.8 Å². The molecule has 0 saturated heterocycles. The van der Waals surface area contributed by atoms with E-state index in [1.54, 1.807) is 0 Å². The molecule has 0 unspecified atom stereocenters. The molecule has 1 N–H and O–H groups in total. The van der Waals surface area contributed by atoms with Crippen LogP contribution in [0.15, 0.2) is 0 Å². The lowest BCUT2D eigenvalue weighted by atomic mass is 10.1. The molecule has 0 bridgehead atoms. The number of rotatable bonds is 14. The van der Waals surface area contributed by atoms with Crippen LogP contribution in [0.25, 0.3) is 0 Å². The maximum absolute atomic E-state index is 13.3. The van der Waals surface area contributed by atoms with Gasteiger partial charge >= 0.3 is 24.2 Å². The van der Waals surface area contributed by atoms with Gasteiger partial charge < -0.3 is 14.0 Å². The van der Waals surface area contributed by atoms with Gasteiger partial charge in [-0.25, -0.2) is 8.78 Å². The summed E-state index contributed by atoms with van der Waals surface area (Å²) in [6.45, 7) is 5.23. The van der Waals surface area contributed by atoms with Crippen molar-refractivity contribution in [2.45, 2.75) is 75.3 Å². The molecule has 0 aliphatic heterocycles. The fourth-order valence-corrected chi connectivity index (χ4v) is 11.4. The smallest absolute Gasteiger partial charge is 0.380 e. The quantitative estimate of drug-likeness (QED) is 0.213. The number of halogens is 8. The normalized spacial score (nSPS) is 14.8. The van der Waals surface area contributed by atoms with Crippen LogP contribution in [0.2, 0.25) is 38.3 Å². The van der Waals surface area contributed by atoms with E-state index in [0.717, 1.165) is 6.04 Å². The minimum Gasteiger partial charge on any atom is -0.455 e. The van der Waals surface area contributed by atoms with Crippen molar-refractivity contribution < 1.29 is 49.1 Å². The molecule has 0 atom stereocenters. The Balaban J connectivity index is 4.55. The fourth-order valence-electron chi connectivity index (χ4n) is 2.63. The molecule has 0 fully saturated rings. The van der Waals surface area contributed by atoms with Gasteiger partial charge in [-0.3, -0.25) is 0 Å². The number of hydrogen-bond donors (Lipinski definition) is 1. The lowest BCUT2D eigenvalue weighted by Crippen LogP contribution is -2.59. The minimum atomic E-state index is -6.24. The molecule has 0 rings (SSSR count). The second-order valence-corrected chi connectivity index (χ2v) is 16.7. The van der Waals surface area contributed by atoms with Gasteiger partial charge in [0, 0.05) is 13.2 Å². The second kappa shape index (κ2) is 10.2. The van der Waals surface area contributed by atoms with Gasteiger partial charge in [-0.15, -0.1) is 0 Å². The van der Waals surface area contributed by atoms with Crippen LogP contribution < -0.4 is 0 Å². The summed E-state index contributed by atoms with van der Waals surface area (Å²) in [6.07, 6.45) is -4.17. The van der Waals surface area contributed by atoms with Crippen LogP contribution in [0.3, 0.4) is 0 Å². The summed E-state index contributed by atoms with van der Waals surface area (Å²) in [7, 11) is -4.25. The third kappa shape index (κ3) is 7.88. The Hall–Kier alpha value is -0.246. The van der Waals surface area contributed by atoms with E-state index in [2.05, 4.69) is 4.74 Å². The van der Waals surface area contributed by atoms with Gasteiger partial charge in [0.1, 0.15) is 6.61 Å². The van der Waals surface area contributed by atoms with E-state index in [-0.39, 0.29) is 13.0 Å². The summed E-state index contributed by atoms with van der Waals surface area (Å²) in [4.78, 5) is 0. The minimum absolute atomic E-state index is 0.0407. The Morgan fingerprint density at radius 2 is 1.32 bits per heavy atom. The number of hydrogen-bond acceptors (Lipinski definition) is 3. The Morgan fingerprint density at radius 3 is 1.75 bits per heavy atom. The Labute approximate surface area is 161 Å². The molecular formula is C15H28F8O3Si2. The van der Waals surface area contributed by atoms with Crippen molar-refractivity contribution >= 4 is 16.6 Å². The summed E-state index contributed by atoms with van der Waals surface area (Å²) in [5.74, 6) is -17.9. The SMILES string of the molecule is C[Si](C)(CCCO)O[Si](C)(C)CCCOCC(F)(F)C(F)(F)C(F)(F)C(F)F. The first kappa shape index (κ1) is 27.8. The Kier molecular flexibility index (Phi) is 10.1. The van der Waals surface area contributed by atoms with E-state index in [1.807, 2.05) is 26.2 Å². The monoisotopic (exact) mass is 464 g/mol. The van der Waals surface area contributed by atoms with Gasteiger partial charge in [0.15, 0.2) is 16.6 Å². The molecule has 170 valence electrons. The molecule has 0 radical (unpaired) electrons. The highest BCUT2D eigenvalue weighted by Gasteiger charge is 2.75. The number of aliphatic hydroxyl groups excluding tert-OH is 1. The predicted octanol–water partition coefficient (Wildman–Crippen LogP) is 5.37. The largest absolute Gasteiger partial charge is 0.455 e. The lowest BCUT2D eigenvalue weighted by Gasteiger charge is -2.34. The molecule has 0 amide bonds. The average molecular weight is 465 g/mol. The summed E-state index contributed by atoms with van der Waals surface area (Å²) in [5.41, 5.74) is 0. The zero-order valence-electron chi connectivity index (χ0n) is 16.3. The summed E-state index contributed by atoms with van der Waals surface area (Å²) >= 11 is 0. The molecule has 3 nitrogen and oxygen atoms in total. The van der Waals surface area contributed by atoms with Crippen molar-refractivity contribution in [3.8, 4) is 0 Å². The van der Waals surface area contributed by atoms with Gasteiger partial charge in [0.25, 0.3) is 0 Å². The Morgan fingerprint density at radius 1 is 0.857 bits per heavy atom. The van der Waals surface area contributed by atoms with Gasteiger partial charge in [-0.05, 0) is 51.1 Å². The molecule has 0 aliphatic rings. The lowest BCUT2D eigenvalue weighted by molar-refractivity contribution is -0.345. The molecule has 0 saturated carbocycles. The number of ether oxygens (including phenoxy) is 1. The zero-order valence-corrected chi connectivity index (χ0v) is 18.3. The van der Waals surface area contributed by atoms with Crippen LogP contribution >= 0.6 is 0 Å². The van der Waals surface area contributed by atoms with Crippen LogP contribution in [0.5, 0.6) is 0 Å². The number of aliphatic hydroxyl groups is 1. The summed E-state index contributed by atoms with van der Waals surface area (Å²) in [5, 5.41) is 8.89. The third-order valence-corrected chi connectivity index (χ3v) is 11.5. The van der Waals surface area contributed by atoms with Crippen molar-refractivity contribution in [1.82, 2.24) is 0 Å². The van der Waals surface area contributed by atoms with Crippen molar-refractivity contribution in [3.05, 3.63) is 0 Å². The summed E-state index contributed by atoms with van der Waals surface area (Å²) in [6, 6.07) is 1.17. The van der Waals surface area contributed by atoms with Crippen molar-refractivity contribution in [1.29, 1.82) is 0 Å². The zero-order chi connectivity index (χ0) is 22.4. The highest BCUT2D eigenvalue weighted by atomic mass is 28.4. The second-order valence-electron chi connectivity index (χ2n) is 7.81. The highest BCUT2D eigenvalue weighted by Crippen LogP contribution is 2.48. The van der Waals surface area contributed by atoms with E-state index in [1.165, 1.54) is 0 Å². The standard InChI is InChI=1S/C15H28F8O3Si2/c1-27(2,9-5-7-24)26-28(3,4)10-6-8-25-11-13(18,19)15(22,23)14(20,21)12(16)17/h12,24H,5-11H2,1-4H3. The first-order chi connectivity index (χ1) is 12.4. The van der Waals surface area contributed by atoms with Crippen molar-refractivity contribution in [2.75, 3.05) is 19.8 Å².